The summed E-state index contributed by atoms with van der Waals surface area (Å²) in [6.45, 7) is 3.35. The Labute approximate surface area is 123 Å². The van der Waals surface area contributed by atoms with Gasteiger partial charge >= 0.3 is 0 Å². The van der Waals surface area contributed by atoms with E-state index in [0.29, 0.717) is 6.54 Å². The summed E-state index contributed by atoms with van der Waals surface area (Å²) in [5, 5.41) is 6.98. The Morgan fingerprint density at radius 3 is 2.81 bits per heavy atom. The number of hydrogen-bond donors (Lipinski definition) is 1. The molecule has 1 amide bonds. The molecule has 0 radical (unpaired) electrons. The van der Waals surface area contributed by atoms with Gasteiger partial charge in [0.1, 0.15) is 5.82 Å². The fourth-order valence-corrected chi connectivity index (χ4v) is 1.85. The summed E-state index contributed by atoms with van der Waals surface area (Å²) < 4.78 is 14.6. The number of hydrogen-bond acceptors (Lipinski definition) is 2. The van der Waals surface area contributed by atoms with Crippen LogP contribution in [-0.2, 0) is 11.3 Å². The first-order valence-electron chi connectivity index (χ1n) is 6.84. The highest BCUT2D eigenvalue weighted by molar-refractivity contribution is 5.91. The molecule has 1 aromatic heterocycles. The van der Waals surface area contributed by atoms with Crippen molar-refractivity contribution in [2.24, 2.45) is 0 Å². The first kappa shape index (κ1) is 15.0. The van der Waals surface area contributed by atoms with Crippen LogP contribution in [0.25, 0.3) is 6.08 Å². The molecule has 1 heterocycles. The van der Waals surface area contributed by atoms with E-state index in [4.69, 9.17) is 0 Å². The standard InChI is InChI=1S/C16H18FN3O/c1-13-11-19-20(12-13)10-2-9-18-16(21)8-5-14-3-6-15(17)7-4-14/h3-8,11-12H,2,9-10H2,1H3,(H,18,21)/b8-5+. The molecule has 0 saturated carbocycles. The van der Waals surface area contributed by atoms with Crippen molar-refractivity contribution in [1.29, 1.82) is 0 Å². The lowest BCUT2D eigenvalue weighted by Crippen LogP contribution is -2.23. The van der Waals surface area contributed by atoms with E-state index in [0.717, 1.165) is 24.1 Å². The van der Waals surface area contributed by atoms with E-state index in [1.54, 1.807) is 18.2 Å². The average molecular weight is 287 g/mol. The summed E-state index contributed by atoms with van der Waals surface area (Å²) in [6, 6.07) is 5.98. The minimum atomic E-state index is -0.287. The maximum Gasteiger partial charge on any atom is 0.244 e. The molecule has 0 unspecified atom stereocenters. The predicted octanol–water partition coefficient (Wildman–Crippen LogP) is 2.55. The van der Waals surface area contributed by atoms with Gasteiger partial charge in [0.05, 0.1) is 6.20 Å². The van der Waals surface area contributed by atoms with Gasteiger partial charge in [-0.2, -0.15) is 5.10 Å². The van der Waals surface area contributed by atoms with E-state index in [1.165, 1.54) is 18.2 Å². The van der Waals surface area contributed by atoms with Gasteiger partial charge in [0.2, 0.25) is 5.91 Å². The molecule has 4 nitrogen and oxygen atoms in total. The van der Waals surface area contributed by atoms with Gasteiger partial charge in [-0.3, -0.25) is 9.48 Å². The second-order valence-electron chi connectivity index (χ2n) is 4.81. The largest absolute Gasteiger partial charge is 0.352 e. The number of amides is 1. The van der Waals surface area contributed by atoms with Crippen molar-refractivity contribution in [2.75, 3.05) is 6.54 Å². The van der Waals surface area contributed by atoms with Crippen LogP contribution >= 0.6 is 0 Å². The molecule has 0 fully saturated rings. The summed E-state index contributed by atoms with van der Waals surface area (Å²) in [6.07, 6.45) is 7.70. The molecule has 0 aliphatic rings. The molecule has 2 aromatic rings. The van der Waals surface area contributed by atoms with E-state index in [9.17, 15) is 9.18 Å². The summed E-state index contributed by atoms with van der Waals surface area (Å²) in [7, 11) is 0. The highest BCUT2D eigenvalue weighted by Gasteiger charge is 1.97. The van der Waals surface area contributed by atoms with Crippen LogP contribution in [0.15, 0.2) is 42.7 Å². The molecule has 2 rings (SSSR count). The van der Waals surface area contributed by atoms with E-state index >= 15 is 0 Å². The Bertz CT molecular complexity index is 617. The average Bonchev–Trinajstić information content (AvgIpc) is 2.89. The number of nitrogens with zero attached hydrogens (tertiary/aromatic N) is 2. The fraction of sp³-hybridized carbons (Fsp3) is 0.250. The number of halogens is 1. The van der Waals surface area contributed by atoms with Gasteiger partial charge in [-0.05, 0) is 42.7 Å². The molecule has 1 N–H and O–H groups in total. The van der Waals surface area contributed by atoms with Gasteiger partial charge in [0, 0.05) is 25.4 Å². The molecule has 0 aliphatic carbocycles. The number of aryl methyl sites for hydroxylation is 2. The zero-order valence-electron chi connectivity index (χ0n) is 11.9. The topological polar surface area (TPSA) is 46.9 Å². The lowest BCUT2D eigenvalue weighted by Gasteiger charge is -2.02. The minimum Gasteiger partial charge on any atom is -0.352 e. The van der Waals surface area contributed by atoms with Crippen LogP contribution in [0, 0.1) is 12.7 Å². The van der Waals surface area contributed by atoms with Crippen molar-refractivity contribution in [3.05, 3.63) is 59.7 Å². The van der Waals surface area contributed by atoms with E-state index in [1.807, 2.05) is 24.0 Å². The predicted molar refractivity (Wildman–Crippen MR) is 80.0 cm³/mol. The number of carbonyl (C=O) groups is 1. The SMILES string of the molecule is Cc1cnn(CCCNC(=O)/C=C/c2ccc(F)cc2)c1. The zero-order valence-corrected chi connectivity index (χ0v) is 11.9. The molecular formula is C16H18FN3O. The third-order valence-corrected chi connectivity index (χ3v) is 2.92. The monoisotopic (exact) mass is 287 g/mol. The van der Waals surface area contributed by atoms with Gasteiger partial charge < -0.3 is 5.32 Å². The van der Waals surface area contributed by atoms with Crippen LogP contribution in [0.3, 0.4) is 0 Å². The van der Waals surface area contributed by atoms with E-state index in [-0.39, 0.29) is 11.7 Å². The van der Waals surface area contributed by atoms with E-state index in [2.05, 4.69) is 10.4 Å². The van der Waals surface area contributed by atoms with Gasteiger partial charge in [-0.25, -0.2) is 4.39 Å². The first-order valence-corrected chi connectivity index (χ1v) is 6.84. The van der Waals surface area contributed by atoms with Crippen LogP contribution in [0.2, 0.25) is 0 Å². The summed E-state index contributed by atoms with van der Waals surface area (Å²) in [4.78, 5) is 11.6. The number of benzene rings is 1. The van der Waals surface area contributed by atoms with Crippen molar-refractivity contribution >= 4 is 12.0 Å². The molecule has 0 bridgehead atoms. The lowest BCUT2D eigenvalue weighted by molar-refractivity contribution is -0.116. The molecule has 0 saturated heterocycles. The summed E-state index contributed by atoms with van der Waals surface area (Å²) in [5.74, 6) is -0.443. The first-order chi connectivity index (χ1) is 10.1. The van der Waals surface area contributed by atoms with Gasteiger partial charge in [-0.15, -0.1) is 0 Å². The smallest absolute Gasteiger partial charge is 0.244 e. The third kappa shape index (κ3) is 5.22. The second-order valence-corrected chi connectivity index (χ2v) is 4.81. The van der Waals surface area contributed by atoms with Crippen molar-refractivity contribution in [2.45, 2.75) is 19.9 Å². The number of rotatable bonds is 6. The van der Waals surface area contributed by atoms with Crippen molar-refractivity contribution in [3.8, 4) is 0 Å². The Morgan fingerprint density at radius 1 is 1.38 bits per heavy atom. The normalized spacial score (nSPS) is 11.0. The summed E-state index contributed by atoms with van der Waals surface area (Å²) >= 11 is 0. The fourth-order valence-electron chi connectivity index (χ4n) is 1.85. The van der Waals surface area contributed by atoms with Gasteiger partial charge in [0.25, 0.3) is 0 Å². The van der Waals surface area contributed by atoms with Crippen LogP contribution in [0.5, 0.6) is 0 Å². The maximum absolute atomic E-state index is 12.7. The zero-order chi connectivity index (χ0) is 15.1. The van der Waals surface area contributed by atoms with Gasteiger partial charge in [-0.1, -0.05) is 12.1 Å². The van der Waals surface area contributed by atoms with Crippen LogP contribution in [-0.4, -0.2) is 22.2 Å². The van der Waals surface area contributed by atoms with Crippen molar-refractivity contribution in [3.63, 3.8) is 0 Å². The Hall–Kier alpha value is -2.43. The van der Waals surface area contributed by atoms with Crippen LogP contribution in [0.1, 0.15) is 17.5 Å². The lowest BCUT2D eigenvalue weighted by atomic mass is 10.2. The third-order valence-electron chi connectivity index (χ3n) is 2.92. The molecule has 1 aromatic carbocycles. The highest BCUT2D eigenvalue weighted by atomic mass is 19.1. The second kappa shape index (κ2) is 7.38. The van der Waals surface area contributed by atoms with Crippen LogP contribution in [0.4, 0.5) is 4.39 Å². The Morgan fingerprint density at radius 2 is 2.14 bits per heavy atom. The minimum absolute atomic E-state index is 0.157. The molecule has 5 heteroatoms. The highest BCUT2D eigenvalue weighted by Crippen LogP contribution is 2.04. The molecule has 0 atom stereocenters. The molecule has 0 aliphatic heterocycles. The Kier molecular flexibility index (Phi) is 5.26. The molecular weight excluding hydrogens is 269 g/mol. The molecule has 21 heavy (non-hydrogen) atoms. The van der Waals surface area contributed by atoms with Crippen molar-refractivity contribution in [1.82, 2.24) is 15.1 Å². The molecule has 110 valence electrons. The quantitative estimate of drug-likeness (QED) is 0.655. The van der Waals surface area contributed by atoms with Crippen molar-refractivity contribution < 1.29 is 9.18 Å². The number of aromatic nitrogens is 2. The number of carbonyl (C=O) groups excluding carboxylic acids is 1. The van der Waals surface area contributed by atoms with E-state index < -0.39 is 0 Å². The Balaban J connectivity index is 1.68. The summed E-state index contributed by atoms with van der Waals surface area (Å²) in [5.41, 5.74) is 1.92. The van der Waals surface area contributed by atoms with Crippen LogP contribution < -0.4 is 5.32 Å². The molecule has 0 spiro atoms. The number of nitrogens with one attached hydrogen (secondary N) is 1. The van der Waals surface area contributed by atoms with Gasteiger partial charge in [0.15, 0.2) is 0 Å². The maximum atomic E-state index is 12.7.